The molecule has 5 heteroatoms. The van der Waals surface area contributed by atoms with Gasteiger partial charge in [0.1, 0.15) is 12.4 Å². The van der Waals surface area contributed by atoms with Crippen molar-refractivity contribution >= 4 is 33.2 Å². The highest BCUT2D eigenvalue weighted by Crippen LogP contribution is 2.26. The number of nitrogens with one attached hydrogen (secondary N) is 2. The molecule has 30 heavy (non-hydrogen) atoms. The summed E-state index contributed by atoms with van der Waals surface area (Å²) in [7, 11) is 0. The van der Waals surface area contributed by atoms with Gasteiger partial charge in [0.05, 0.1) is 0 Å². The van der Waals surface area contributed by atoms with Gasteiger partial charge in [0, 0.05) is 34.4 Å². The fourth-order valence-electron chi connectivity index (χ4n) is 3.05. The van der Waals surface area contributed by atoms with Crippen molar-refractivity contribution in [2.75, 3.05) is 10.6 Å². The third kappa shape index (κ3) is 6.92. The standard InChI is InChI=1S/C25H27BrN2O2/c1-18(2)13-25(29)28-23-10-6-9-22(15-23)27-16-20-14-21(26)11-12-24(20)30-17-19-7-4-3-5-8-19/h3-12,14-15,18,27H,13,16-17H2,1-2H3,(H,28,29). The van der Waals surface area contributed by atoms with Crippen LogP contribution in [0.4, 0.5) is 11.4 Å². The lowest BCUT2D eigenvalue weighted by Gasteiger charge is -2.14. The molecule has 0 fully saturated rings. The van der Waals surface area contributed by atoms with Gasteiger partial charge in [-0.1, -0.05) is 66.2 Å². The molecule has 156 valence electrons. The van der Waals surface area contributed by atoms with Crippen LogP contribution in [0.5, 0.6) is 5.75 Å². The van der Waals surface area contributed by atoms with Gasteiger partial charge in [0.2, 0.25) is 5.91 Å². The molecule has 0 aromatic heterocycles. The van der Waals surface area contributed by atoms with Crippen LogP contribution in [0.25, 0.3) is 0 Å². The van der Waals surface area contributed by atoms with Gasteiger partial charge in [0.25, 0.3) is 0 Å². The summed E-state index contributed by atoms with van der Waals surface area (Å²) in [6.07, 6.45) is 0.512. The fourth-order valence-corrected chi connectivity index (χ4v) is 3.46. The minimum absolute atomic E-state index is 0.0331. The molecule has 0 atom stereocenters. The van der Waals surface area contributed by atoms with Crippen molar-refractivity contribution in [1.29, 1.82) is 0 Å². The van der Waals surface area contributed by atoms with Crippen molar-refractivity contribution in [1.82, 2.24) is 0 Å². The number of benzene rings is 3. The van der Waals surface area contributed by atoms with E-state index in [9.17, 15) is 4.79 Å². The van der Waals surface area contributed by atoms with Crippen molar-refractivity contribution in [3.05, 3.63) is 88.4 Å². The van der Waals surface area contributed by atoms with Crippen LogP contribution in [0.2, 0.25) is 0 Å². The smallest absolute Gasteiger partial charge is 0.224 e. The summed E-state index contributed by atoms with van der Waals surface area (Å²) >= 11 is 3.55. The van der Waals surface area contributed by atoms with Crippen LogP contribution in [0, 0.1) is 5.92 Å². The molecule has 0 aliphatic carbocycles. The molecule has 0 aliphatic heterocycles. The molecule has 3 aromatic carbocycles. The van der Waals surface area contributed by atoms with E-state index in [-0.39, 0.29) is 5.91 Å². The average Bonchev–Trinajstić information content (AvgIpc) is 2.72. The zero-order chi connectivity index (χ0) is 21.3. The number of halogens is 1. The first kappa shape index (κ1) is 21.9. The summed E-state index contributed by atoms with van der Waals surface area (Å²) in [5.74, 6) is 1.21. The van der Waals surface area contributed by atoms with E-state index in [0.717, 1.165) is 32.7 Å². The van der Waals surface area contributed by atoms with Gasteiger partial charge < -0.3 is 15.4 Å². The lowest BCUT2D eigenvalue weighted by molar-refractivity contribution is -0.116. The van der Waals surface area contributed by atoms with Gasteiger partial charge in [-0.2, -0.15) is 0 Å². The van der Waals surface area contributed by atoms with E-state index in [2.05, 4.69) is 44.8 Å². The maximum atomic E-state index is 12.0. The normalized spacial score (nSPS) is 10.7. The summed E-state index contributed by atoms with van der Waals surface area (Å²) in [6.45, 7) is 5.19. The number of amides is 1. The molecule has 0 aliphatic rings. The summed E-state index contributed by atoms with van der Waals surface area (Å²) in [4.78, 5) is 12.0. The zero-order valence-electron chi connectivity index (χ0n) is 17.3. The first-order valence-corrected chi connectivity index (χ1v) is 10.9. The van der Waals surface area contributed by atoms with E-state index in [4.69, 9.17) is 4.74 Å². The Morgan fingerprint density at radius 2 is 1.73 bits per heavy atom. The summed E-state index contributed by atoms with van der Waals surface area (Å²) < 4.78 is 7.06. The second-order valence-corrected chi connectivity index (χ2v) is 8.52. The van der Waals surface area contributed by atoms with Crippen LogP contribution in [-0.2, 0) is 17.9 Å². The Morgan fingerprint density at radius 3 is 2.50 bits per heavy atom. The summed E-state index contributed by atoms with van der Waals surface area (Å²) in [6, 6.07) is 23.9. The Labute approximate surface area is 186 Å². The highest BCUT2D eigenvalue weighted by atomic mass is 79.9. The molecule has 1 amide bonds. The molecule has 0 saturated carbocycles. The SMILES string of the molecule is CC(C)CC(=O)Nc1cccc(NCc2cc(Br)ccc2OCc2ccccc2)c1. The predicted octanol–water partition coefficient (Wildman–Crippen LogP) is 6.62. The van der Waals surface area contributed by atoms with Crippen molar-refractivity contribution in [3.8, 4) is 5.75 Å². The summed E-state index contributed by atoms with van der Waals surface area (Å²) in [5, 5.41) is 6.39. The second kappa shape index (κ2) is 10.8. The van der Waals surface area contributed by atoms with E-state index in [1.54, 1.807) is 0 Å². The zero-order valence-corrected chi connectivity index (χ0v) is 18.9. The first-order chi connectivity index (χ1) is 14.5. The molecule has 0 radical (unpaired) electrons. The van der Waals surface area contributed by atoms with Crippen LogP contribution >= 0.6 is 15.9 Å². The van der Waals surface area contributed by atoms with Gasteiger partial charge in [-0.25, -0.2) is 0 Å². The van der Waals surface area contributed by atoms with Gasteiger partial charge in [-0.15, -0.1) is 0 Å². The minimum atomic E-state index is 0.0331. The quantitative estimate of drug-likeness (QED) is 0.372. The van der Waals surface area contributed by atoms with Crippen molar-refractivity contribution in [2.24, 2.45) is 5.92 Å². The maximum Gasteiger partial charge on any atom is 0.224 e. The predicted molar refractivity (Wildman–Crippen MR) is 127 cm³/mol. The highest BCUT2D eigenvalue weighted by Gasteiger charge is 2.08. The molecular weight excluding hydrogens is 440 g/mol. The van der Waals surface area contributed by atoms with Crippen LogP contribution in [0.15, 0.2) is 77.3 Å². The Balaban J connectivity index is 1.64. The number of carbonyl (C=O) groups is 1. The average molecular weight is 467 g/mol. The van der Waals surface area contributed by atoms with E-state index in [1.807, 2.05) is 68.4 Å². The van der Waals surface area contributed by atoms with Gasteiger partial charge in [-0.3, -0.25) is 4.79 Å². The molecule has 4 nitrogen and oxygen atoms in total. The Morgan fingerprint density at radius 1 is 0.967 bits per heavy atom. The minimum Gasteiger partial charge on any atom is -0.489 e. The number of hydrogen-bond donors (Lipinski definition) is 2. The van der Waals surface area contributed by atoms with E-state index in [0.29, 0.717) is 25.5 Å². The van der Waals surface area contributed by atoms with Crippen molar-refractivity contribution < 1.29 is 9.53 Å². The second-order valence-electron chi connectivity index (χ2n) is 7.61. The number of ether oxygens (including phenoxy) is 1. The Hall–Kier alpha value is -2.79. The molecule has 0 unspecified atom stereocenters. The molecule has 0 bridgehead atoms. The molecule has 3 rings (SSSR count). The highest BCUT2D eigenvalue weighted by molar-refractivity contribution is 9.10. The maximum absolute atomic E-state index is 12.0. The first-order valence-electron chi connectivity index (χ1n) is 10.1. The van der Waals surface area contributed by atoms with Gasteiger partial charge in [-0.05, 0) is 47.9 Å². The topological polar surface area (TPSA) is 50.4 Å². The van der Waals surface area contributed by atoms with Crippen LogP contribution in [0.3, 0.4) is 0 Å². The number of anilines is 2. The van der Waals surface area contributed by atoms with E-state index < -0.39 is 0 Å². The molecule has 3 aromatic rings. The fraction of sp³-hybridized carbons (Fsp3) is 0.240. The number of hydrogen-bond acceptors (Lipinski definition) is 3. The molecule has 0 heterocycles. The monoisotopic (exact) mass is 466 g/mol. The Kier molecular flexibility index (Phi) is 7.91. The van der Waals surface area contributed by atoms with Gasteiger partial charge >= 0.3 is 0 Å². The third-order valence-electron chi connectivity index (χ3n) is 4.48. The number of rotatable bonds is 9. The Bertz CT molecular complexity index is 974. The summed E-state index contributed by atoms with van der Waals surface area (Å²) in [5.41, 5.74) is 3.91. The van der Waals surface area contributed by atoms with Crippen molar-refractivity contribution in [3.63, 3.8) is 0 Å². The molecule has 2 N–H and O–H groups in total. The lowest BCUT2D eigenvalue weighted by Crippen LogP contribution is -2.14. The van der Waals surface area contributed by atoms with E-state index >= 15 is 0 Å². The van der Waals surface area contributed by atoms with Crippen LogP contribution < -0.4 is 15.4 Å². The van der Waals surface area contributed by atoms with Crippen LogP contribution in [-0.4, -0.2) is 5.91 Å². The third-order valence-corrected chi connectivity index (χ3v) is 4.98. The molecular formula is C25H27BrN2O2. The van der Waals surface area contributed by atoms with E-state index in [1.165, 1.54) is 0 Å². The van der Waals surface area contributed by atoms with Crippen LogP contribution in [0.1, 0.15) is 31.4 Å². The number of carbonyl (C=O) groups excluding carboxylic acids is 1. The largest absolute Gasteiger partial charge is 0.489 e. The van der Waals surface area contributed by atoms with Crippen molar-refractivity contribution in [2.45, 2.75) is 33.4 Å². The molecule has 0 saturated heterocycles. The molecule has 0 spiro atoms. The van der Waals surface area contributed by atoms with Gasteiger partial charge in [0.15, 0.2) is 0 Å². The lowest BCUT2D eigenvalue weighted by atomic mass is 10.1.